The summed E-state index contributed by atoms with van der Waals surface area (Å²) in [5.74, 6) is -2.16. The third-order valence-corrected chi connectivity index (χ3v) is 3.67. The number of carboxylic acid groups (broad SMARTS) is 1. The van der Waals surface area contributed by atoms with Crippen molar-refractivity contribution in [2.45, 2.75) is 6.54 Å². The molecule has 0 unspecified atom stereocenters. The fourth-order valence-corrected chi connectivity index (χ4v) is 2.25. The van der Waals surface area contributed by atoms with Crippen LogP contribution in [0.25, 0.3) is 5.65 Å². The number of aromatic nitrogens is 3. The molecule has 0 spiro atoms. The molecule has 0 aliphatic heterocycles. The summed E-state index contributed by atoms with van der Waals surface area (Å²) in [5, 5.41) is 12.7. The molecule has 0 saturated carbocycles. The third kappa shape index (κ3) is 5.05. The molecule has 0 aliphatic carbocycles. The number of carbonyl (C=O) groups is 3. The number of esters is 2. The van der Waals surface area contributed by atoms with Gasteiger partial charge in [0.05, 0.1) is 19.8 Å². The van der Waals surface area contributed by atoms with Crippen LogP contribution in [0.15, 0.2) is 36.4 Å². The van der Waals surface area contributed by atoms with Crippen LogP contribution in [0.1, 0.15) is 36.9 Å². The van der Waals surface area contributed by atoms with Gasteiger partial charge >= 0.3 is 17.9 Å². The molecular weight excluding hydrogens is 382 g/mol. The molecule has 0 radical (unpaired) electrons. The standard InChI is InChI=1S/C9H8N4O4.C9H11NO2/c1-17-9(16)5-2-4(8(14)15)11-7-3-6(10)12-13(5)7;1-12-9(11)8-4-2-7(6-10)3-5-8/h2-3H,1H3,(H2,10,12)(H,14,15);2-5H,6,10H2,1H3. The molecule has 0 aliphatic rings. The number of hydrogen-bond acceptors (Lipinski definition) is 9. The molecule has 152 valence electrons. The number of rotatable bonds is 4. The van der Waals surface area contributed by atoms with Gasteiger partial charge in [-0.2, -0.15) is 0 Å². The average molecular weight is 401 g/mol. The zero-order valence-electron chi connectivity index (χ0n) is 15.7. The van der Waals surface area contributed by atoms with E-state index < -0.39 is 11.9 Å². The molecule has 3 rings (SSSR count). The Morgan fingerprint density at radius 2 is 1.69 bits per heavy atom. The molecule has 0 amide bonds. The Morgan fingerprint density at radius 3 is 2.21 bits per heavy atom. The molecule has 29 heavy (non-hydrogen) atoms. The maximum atomic E-state index is 11.5. The van der Waals surface area contributed by atoms with Gasteiger partial charge in [0.1, 0.15) is 5.82 Å². The van der Waals surface area contributed by atoms with Gasteiger partial charge in [0.15, 0.2) is 17.0 Å². The number of nitrogens with zero attached hydrogens (tertiary/aromatic N) is 3. The smallest absolute Gasteiger partial charge is 0.356 e. The first-order valence-electron chi connectivity index (χ1n) is 8.16. The van der Waals surface area contributed by atoms with Crippen LogP contribution in [0.5, 0.6) is 0 Å². The number of ether oxygens (including phenoxy) is 2. The van der Waals surface area contributed by atoms with Crippen molar-refractivity contribution in [2.75, 3.05) is 20.0 Å². The van der Waals surface area contributed by atoms with Crippen LogP contribution in [0.2, 0.25) is 0 Å². The molecule has 5 N–H and O–H groups in total. The van der Waals surface area contributed by atoms with Gasteiger partial charge in [0.2, 0.25) is 0 Å². The minimum atomic E-state index is -1.25. The van der Waals surface area contributed by atoms with Gasteiger partial charge in [-0.3, -0.25) is 0 Å². The van der Waals surface area contributed by atoms with Crippen molar-refractivity contribution in [3.05, 3.63) is 58.9 Å². The number of anilines is 1. The summed E-state index contributed by atoms with van der Waals surface area (Å²) in [7, 11) is 2.54. The van der Waals surface area contributed by atoms with E-state index in [0.717, 1.165) is 16.1 Å². The van der Waals surface area contributed by atoms with E-state index in [-0.39, 0.29) is 28.8 Å². The summed E-state index contributed by atoms with van der Waals surface area (Å²) in [6, 6.07) is 9.47. The largest absolute Gasteiger partial charge is 0.477 e. The first-order chi connectivity index (χ1) is 13.8. The van der Waals surface area contributed by atoms with Crippen LogP contribution in [-0.4, -0.2) is 51.8 Å². The molecule has 0 saturated heterocycles. The van der Waals surface area contributed by atoms with Crippen molar-refractivity contribution in [1.82, 2.24) is 14.6 Å². The lowest BCUT2D eigenvalue weighted by Crippen LogP contribution is -2.13. The topological polar surface area (TPSA) is 172 Å². The summed E-state index contributed by atoms with van der Waals surface area (Å²) in [6.07, 6.45) is 0. The summed E-state index contributed by atoms with van der Waals surface area (Å²) in [6.45, 7) is 0.488. The quantitative estimate of drug-likeness (QED) is 0.529. The van der Waals surface area contributed by atoms with Crippen LogP contribution >= 0.6 is 0 Å². The molecule has 11 nitrogen and oxygen atoms in total. The van der Waals surface area contributed by atoms with Gasteiger partial charge in [-0.1, -0.05) is 12.1 Å². The average Bonchev–Trinajstić information content (AvgIpc) is 3.12. The number of fused-ring (bicyclic) bond motifs is 1. The van der Waals surface area contributed by atoms with Crippen molar-refractivity contribution >= 4 is 29.4 Å². The van der Waals surface area contributed by atoms with E-state index in [4.69, 9.17) is 16.6 Å². The summed E-state index contributed by atoms with van der Waals surface area (Å²) >= 11 is 0. The molecule has 0 bridgehead atoms. The lowest BCUT2D eigenvalue weighted by Gasteiger charge is -2.03. The van der Waals surface area contributed by atoms with Gasteiger partial charge in [-0.15, -0.1) is 5.10 Å². The van der Waals surface area contributed by atoms with Gasteiger partial charge in [0, 0.05) is 18.7 Å². The van der Waals surface area contributed by atoms with Crippen molar-refractivity contribution in [3.63, 3.8) is 0 Å². The molecule has 2 heterocycles. The number of aromatic carboxylic acids is 1. The fraction of sp³-hybridized carbons (Fsp3) is 0.167. The molecule has 1 aromatic carbocycles. The Kier molecular flexibility index (Phi) is 6.82. The Bertz CT molecular complexity index is 1040. The van der Waals surface area contributed by atoms with E-state index in [1.807, 2.05) is 12.1 Å². The molecule has 0 fully saturated rings. The minimum absolute atomic E-state index is 0.0494. The number of nitrogen functional groups attached to an aromatic ring is 1. The van der Waals surface area contributed by atoms with Gasteiger partial charge in [-0.05, 0) is 17.7 Å². The van der Waals surface area contributed by atoms with Crippen molar-refractivity contribution in [1.29, 1.82) is 0 Å². The van der Waals surface area contributed by atoms with Crippen molar-refractivity contribution in [3.8, 4) is 0 Å². The zero-order chi connectivity index (χ0) is 21.6. The molecule has 11 heteroatoms. The first kappa shape index (κ1) is 21.3. The summed E-state index contributed by atoms with van der Waals surface area (Å²) in [4.78, 5) is 37.1. The van der Waals surface area contributed by atoms with Crippen LogP contribution in [-0.2, 0) is 16.0 Å². The van der Waals surface area contributed by atoms with E-state index in [0.29, 0.717) is 12.1 Å². The predicted molar refractivity (Wildman–Crippen MR) is 101 cm³/mol. The van der Waals surface area contributed by atoms with Gasteiger partial charge in [-0.25, -0.2) is 23.9 Å². The van der Waals surface area contributed by atoms with Crippen molar-refractivity contribution < 1.29 is 29.0 Å². The fourth-order valence-electron chi connectivity index (χ4n) is 2.25. The number of carboxylic acids is 1. The second kappa shape index (κ2) is 9.28. The minimum Gasteiger partial charge on any atom is -0.477 e. The number of hydrogen-bond donors (Lipinski definition) is 3. The molecule has 3 aromatic rings. The zero-order valence-corrected chi connectivity index (χ0v) is 15.7. The maximum absolute atomic E-state index is 11.5. The second-order valence-corrected chi connectivity index (χ2v) is 5.56. The third-order valence-electron chi connectivity index (χ3n) is 3.67. The van der Waals surface area contributed by atoms with E-state index in [1.165, 1.54) is 20.3 Å². The first-order valence-corrected chi connectivity index (χ1v) is 8.16. The SMILES string of the molecule is COC(=O)c1cc(C(=O)O)nc2cc(N)nn12.COC(=O)c1ccc(CN)cc1. The Morgan fingerprint density at radius 1 is 1.07 bits per heavy atom. The highest BCUT2D eigenvalue weighted by molar-refractivity contribution is 5.93. The van der Waals surface area contributed by atoms with E-state index in [1.54, 1.807) is 12.1 Å². The molecule has 0 atom stereocenters. The molecular formula is C18H19N5O6. The van der Waals surface area contributed by atoms with Crippen LogP contribution in [0.4, 0.5) is 5.82 Å². The number of methoxy groups -OCH3 is 2. The number of carbonyl (C=O) groups excluding carboxylic acids is 2. The second-order valence-electron chi connectivity index (χ2n) is 5.56. The van der Waals surface area contributed by atoms with Crippen LogP contribution in [0.3, 0.4) is 0 Å². The summed E-state index contributed by atoms with van der Waals surface area (Å²) < 4.78 is 10.2. The highest BCUT2D eigenvalue weighted by Gasteiger charge is 2.18. The maximum Gasteiger partial charge on any atom is 0.356 e. The van der Waals surface area contributed by atoms with E-state index in [2.05, 4.69) is 19.6 Å². The van der Waals surface area contributed by atoms with E-state index in [9.17, 15) is 14.4 Å². The van der Waals surface area contributed by atoms with Crippen LogP contribution < -0.4 is 11.5 Å². The highest BCUT2D eigenvalue weighted by Crippen LogP contribution is 2.12. The normalized spacial score (nSPS) is 10.0. The highest BCUT2D eigenvalue weighted by atomic mass is 16.5. The van der Waals surface area contributed by atoms with Crippen molar-refractivity contribution in [2.24, 2.45) is 5.73 Å². The predicted octanol–water partition coefficient (Wildman–Crippen LogP) is 0.728. The number of nitrogens with two attached hydrogens (primary N) is 2. The monoisotopic (exact) mass is 401 g/mol. The van der Waals surface area contributed by atoms with Gasteiger partial charge in [0.25, 0.3) is 0 Å². The Hall–Kier alpha value is -3.99. The molecule has 2 aromatic heterocycles. The lowest BCUT2D eigenvalue weighted by atomic mass is 10.1. The van der Waals surface area contributed by atoms with Crippen LogP contribution in [0, 0.1) is 0 Å². The summed E-state index contributed by atoms with van der Waals surface area (Å²) in [5.41, 5.74) is 12.2. The Labute approximate surface area is 164 Å². The Balaban J connectivity index is 0.000000221. The van der Waals surface area contributed by atoms with E-state index >= 15 is 0 Å². The van der Waals surface area contributed by atoms with Gasteiger partial charge < -0.3 is 26.0 Å². The number of benzene rings is 1. The lowest BCUT2D eigenvalue weighted by molar-refractivity contribution is 0.0585.